The molecular formula is C22H37NO2S2. The Morgan fingerprint density at radius 1 is 0.704 bits per heavy atom. The van der Waals surface area contributed by atoms with Gasteiger partial charge in [-0.25, -0.2) is 0 Å². The molecule has 0 aromatic heterocycles. The fraction of sp³-hybridized carbons (Fsp3) is 0.682. The maximum Gasteiger partial charge on any atom is 0.217 e. The molecule has 0 unspecified atom stereocenters. The zero-order chi connectivity index (χ0) is 19.6. The van der Waals surface area contributed by atoms with Crippen LogP contribution in [0.25, 0.3) is 0 Å². The number of hydrogen-bond acceptors (Lipinski definition) is 4. The van der Waals surface area contributed by atoms with Crippen molar-refractivity contribution in [3.05, 3.63) is 24.3 Å². The Labute approximate surface area is 174 Å². The molecule has 27 heavy (non-hydrogen) atoms. The van der Waals surface area contributed by atoms with Crippen molar-refractivity contribution in [3.8, 4) is 0 Å². The van der Waals surface area contributed by atoms with Crippen LogP contribution >= 0.6 is 23.8 Å². The maximum atomic E-state index is 10.6. The Balaban J connectivity index is 1.77. The SMILES string of the molecule is NC(=O)CCCCCCCCCCCCCCCSc1ccc(SO)cc1. The van der Waals surface area contributed by atoms with Crippen molar-refractivity contribution < 1.29 is 9.35 Å². The monoisotopic (exact) mass is 411 g/mol. The minimum Gasteiger partial charge on any atom is -0.370 e. The fourth-order valence-electron chi connectivity index (χ4n) is 3.13. The summed E-state index contributed by atoms with van der Waals surface area (Å²) in [6.45, 7) is 0. The second kappa shape index (κ2) is 17.4. The second-order valence-corrected chi connectivity index (χ2v) is 9.05. The molecule has 0 spiro atoms. The Bertz CT molecular complexity index is 480. The summed E-state index contributed by atoms with van der Waals surface area (Å²) in [7, 11) is 0. The Kier molecular flexibility index (Phi) is 15.8. The maximum absolute atomic E-state index is 10.6. The number of hydrogen-bond donors (Lipinski definition) is 2. The third-order valence-corrected chi connectivity index (χ3v) is 6.35. The van der Waals surface area contributed by atoms with Gasteiger partial charge in [0.15, 0.2) is 0 Å². The Hall–Kier alpha value is -0.650. The van der Waals surface area contributed by atoms with Gasteiger partial charge in [0.25, 0.3) is 0 Å². The molecule has 0 saturated carbocycles. The summed E-state index contributed by atoms with van der Waals surface area (Å²) in [6.07, 6.45) is 17.4. The number of amides is 1. The third-order valence-electron chi connectivity index (χ3n) is 4.77. The first-order chi connectivity index (χ1) is 13.2. The van der Waals surface area contributed by atoms with Crippen molar-refractivity contribution in [2.75, 3.05) is 5.75 Å². The van der Waals surface area contributed by atoms with Crippen LogP contribution in [0.5, 0.6) is 0 Å². The number of nitrogens with two attached hydrogens (primary N) is 1. The molecular weight excluding hydrogens is 374 g/mol. The molecule has 0 aliphatic rings. The fourth-order valence-corrected chi connectivity index (χ4v) is 4.30. The van der Waals surface area contributed by atoms with Crippen molar-refractivity contribution in [1.82, 2.24) is 0 Å². The van der Waals surface area contributed by atoms with E-state index in [-0.39, 0.29) is 5.91 Å². The van der Waals surface area contributed by atoms with Gasteiger partial charge in [0, 0.05) is 28.3 Å². The van der Waals surface area contributed by atoms with Crippen LogP contribution in [-0.2, 0) is 4.79 Å². The van der Waals surface area contributed by atoms with Crippen LogP contribution in [0, 0.1) is 0 Å². The summed E-state index contributed by atoms with van der Waals surface area (Å²) in [5.41, 5.74) is 5.13. The largest absolute Gasteiger partial charge is 0.370 e. The van der Waals surface area contributed by atoms with E-state index >= 15 is 0 Å². The average molecular weight is 412 g/mol. The van der Waals surface area contributed by atoms with Gasteiger partial charge in [-0.15, -0.1) is 11.8 Å². The van der Waals surface area contributed by atoms with E-state index in [1.54, 1.807) is 0 Å². The summed E-state index contributed by atoms with van der Waals surface area (Å²) >= 11 is 2.72. The number of benzene rings is 1. The number of primary amides is 1. The lowest BCUT2D eigenvalue weighted by molar-refractivity contribution is -0.118. The van der Waals surface area contributed by atoms with Gasteiger partial charge in [-0.3, -0.25) is 4.79 Å². The van der Waals surface area contributed by atoms with E-state index in [0.717, 1.165) is 29.8 Å². The van der Waals surface area contributed by atoms with Gasteiger partial charge < -0.3 is 10.3 Å². The molecule has 154 valence electrons. The summed E-state index contributed by atoms with van der Waals surface area (Å²) < 4.78 is 8.96. The predicted molar refractivity (Wildman–Crippen MR) is 119 cm³/mol. The highest BCUT2D eigenvalue weighted by molar-refractivity contribution is 7.99. The Morgan fingerprint density at radius 3 is 1.56 bits per heavy atom. The van der Waals surface area contributed by atoms with Crippen LogP contribution in [0.15, 0.2) is 34.1 Å². The molecule has 1 aromatic carbocycles. The van der Waals surface area contributed by atoms with Crippen LogP contribution in [0.1, 0.15) is 89.9 Å². The number of carbonyl (C=O) groups excluding carboxylic acids is 1. The second-order valence-electron chi connectivity index (χ2n) is 7.22. The minimum absolute atomic E-state index is 0.165. The van der Waals surface area contributed by atoms with Gasteiger partial charge in [-0.2, -0.15) is 0 Å². The zero-order valence-corrected chi connectivity index (χ0v) is 18.3. The molecule has 0 aliphatic carbocycles. The van der Waals surface area contributed by atoms with E-state index in [9.17, 15) is 4.79 Å². The first-order valence-corrected chi connectivity index (χ1v) is 12.3. The molecule has 3 N–H and O–H groups in total. The smallest absolute Gasteiger partial charge is 0.217 e. The molecule has 0 saturated heterocycles. The molecule has 0 aliphatic heterocycles. The molecule has 0 radical (unpaired) electrons. The van der Waals surface area contributed by atoms with Crippen molar-refractivity contribution in [2.24, 2.45) is 5.73 Å². The summed E-state index contributed by atoms with van der Waals surface area (Å²) in [4.78, 5) is 12.8. The van der Waals surface area contributed by atoms with Gasteiger partial charge in [-0.05, 0) is 42.9 Å². The third kappa shape index (κ3) is 15.0. The molecule has 1 aromatic rings. The summed E-state index contributed by atoms with van der Waals surface area (Å²) in [5, 5.41) is 0. The quantitative estimate of drug-likeness (QED) is 0.151. The number of rotatable bonds is 18. The van der Waals surface area contributed by atoms with Gasteiger partial charge in [-0.1, -0.05) is 70.6 Å². The van der Waals surface area contributed by atoms with E-state index in [1.165, 1.54) is 81.3 Å². The average Bonchev–Trinajstić information content (AvgIpc) is 2.68. The van der Waals surface area contributed by atoms with Gasteiger partial charge >= 0.3 is 0 Å². The van der Waals surface area contributed by atoms with Crippen molar-refractivity contribution >= 4 is 29.7 Å². The molecule has 5 heteroatoms. The van der Waals surface area contributed by atoms with Crippen molar-refractivity contribution in [1.29, 1.82) is 0 Å². The molecule has 1 rings (SSSR count). The first-order valence-electron chi connectivity index (χ1n) is 10.5. The van der Waals surface area contributed by atoms with E-state index in [1.807, 2.05) is 23.9 Å². The molecule has 0 bridgehead atoms. The molecule has 0 atom stereocenters. The molecule has 0 fully saturated rings. The topological polar surface area (TPSA) is 63.3 Å². The van der Waals surface area contributed by atoms with Gasteiger partial charge in [0.2, 0.25) is 5.91 Å². The van der Waals surface area contributed by atoms with Crippen molar-refractivity contribution in [3.63, 3.8) is 0 Å². The van der Waals surface area contributed by atoms with Crippen LogP contribution in [0.4, 0.5) is 0 Å². The van der Waals surface area contributed by atoms with Crippen LogP contribution in [0.2, 0.25) is 0 Å². The first kappa shape index (κ1) is 24.4. The van der Waals surface area contributed by atoms with Gasteiger partial charge in [0.05, 0.1) is 0 Å². The minimum atomic E-state index is -0.165. The number of thioether (sulfide) groups is 1. The lowest BCUT2D eigenvalue weighted by atomic mass is 10.0. The van der Waals surface area contributed by atoms with Crippen LogP contribution in [0.3, 0.4) is 0 Å². The highest BCUT2D eigenvalue weighted by Crippen LogP contribution is 2.23. The van der Waals surface area contributed by atoms with E-state index in [4.69, 9.17) is 10.3 Å². The standard InChI is InChI=1S/C22H37NO2S2/c23-22(24)14-12-10-8-6-4-2-1-3-5-7-9-11-13-19-26-20-15-17-21(27-25)18-16-20/h15-18,25H,1-14,19H2,(H2,23,24). The van der Waals surface area contributed by atoms with Crippen LogP contribution in [-0.4, -0.2) is 16.2 Å². The number of unbranched alkanes of at least 4 members (excludes halogenated alkanes) is 12. The molecule has 0 heterocycles. The number of carbonyl (C=O) groups is 1. The molecule has 3 nitrogen and oxygen atoms in total. The summed E-state index contributed by atoms with van der Waals surface area (Å²) in [6, 6.07) is 8.11. The van der Waals surface area contributed by atoms with E-state index in [2.05, 4.69) is 12.1 Å². The van der Waals surface area contributed by atoms with Gasteiger partial charge in [0.1, 0.15) is 0 Å². The normalized spacial score (nSPS) is 11.0. The molecule has 1 amide bonds. The van der Waals surface area contributed by atoms with E-state index < -0.39 is 0 Å². The van der Waals surface area contributed by atoms with Crippen molar-refractivity contribution in [2.45, 2.75) is 99.7 Å². The lowest BCUT2D eigenvalue weighted by Crippen LogP contribution is -2.09. The Morgan fingerprint density at radius 2 is 1.11 bits per heavy atom. The highest BCUT2D eigenvalue weighted by Gasteiger charge is 1.98. The zero-order valence-electron chi connectivity index (χ0n) is 16.7. The van der Waals surface area contributed by atoms with E-state index in [0.29, 0.717) is 6.42 Å². The highest BCUT2D eigenvalue weighted by atomic mass is 32.2. The van der Waals surface area contributed by atoms with Crippen LogP contribution < -0.4 is 5.73 Å². The lowest BCUT2D eigenvalue weighted by Gasteiger charge is -2.04. The summed E-state index contributed by atoms with van der Waals surface area (Å²) in [5.74, 6) is 1.02. The predicted octanol–water partition coefficient (Wildman–Crippen LogP) is 7.29.